The second-order valence-electron chi connectivity index (χ2n) is 4.04. The molecule has 0 amide bonds. The third kappa shape index (κ3) is 2.55. The van der Waals surface area contributed by atoms with Gasteiger partial charge < -0.3 is 5.73 Å². The van der Waals surface area contributed by atoms with Gasteiger partial charge >= 0.3 is 0 Å². The fourth-order valence-corrected chi connectivity index (χ4v) is 1.62. The Balaban J connectivity index is 2.94. The van der Waals surface area contributed by atoms with E-state index in [4.69, 9.17) is 5.73 Å². The van der Waals surface area contributed by atoms with Crippen molar-refractivity contribution in [3.05, 3.63) is 34.9 Å². The normalized spacial score (nSPS) is 15.2. The second-order valence-corrected chi connectivity index (χ2v) is 4.04. The van der Waals surface area contributed by atoms with E-state index >= 15 is 0 Å². The van der Waals surface area contributed by atoms with Crippen LogP contribution in [0.1, 0.15) is 29.8 Å². The van der Waals surface area contributed by atoms with Gasteiger partial charge in [-0.1, -0.05) is 36.2 Å². The van der Waals surface area contributed by atoms with Crippen LogP contribution in [0.3, 0.4) is 0 Å². The molecule has 1 rings (SSSR count). The quantitative estimate of drug-likeness (QED) is 0.788. The molecule has 1 aromatic rings. The summed E-state index contributed by atoms with van der Waals surface area (Å²) in [4.78, 5) is 0. The number of hydrogen-bond acceptors (Lipinski definition) is 1. The zero-order valence-electron chi connectivity index (χ0n) is 9.05. The maximum Gasteiger partial charge on any atom is 0.129 e. The molecule has 2 heteroatoms. The summed E-state index contributed by atoms with van der Waals surface area (Å²) in [7, 11) is 0. The van der Waals surface area contributed by atoms with E-state index in [9.17, 15) is 4.39 Å². The molecule has 78 valence electrons. The number of benzene rings is 1. The zero-order chi connectivity index (χ0) is 10.7. The van der Waals surface area contributed by atoms with Gasteiger partial charge in [-0.3, -0.25) is 0 Å². The fourth-order valence-electron chi connectivity index (χ4n) is 1.62. The number of alkyl halides is 1. The van der Waals surface area contributed by atoms with E-state index in [0.29, 0.717) is 6.54 Å². The van der Waals surface area contributed by atoms with Gasteiger partial charge in [-0.05, 0) is 26.0 Å². The smallest absolute Gasteiger partial charge is 0.129 e. The van der Waals surface area contributed by atoms with Gasteiger partial charge in [-0.2, -0.15) is 0 Å². The van der Waals surface area contributed by atoms with Crippen LogP contribution in [-0.2, 0) is 0 Å². The summed E-state index contributed by atoms with van der Waals surface area (Å²) in [5.41, 5.74) is 8.40. The van der Waals surface area contributed by atoms with Gasteiger partial charge in [0.2, 0.25) is 0 Å². The van der Waals surface area contributed by atoms with Gasteiger partial charge in [0.25, 0.3) is 0 Å². The molecule has 0 fully saturated rings. The number of rotatable bonds is 3. The van der Waals surface area contributed by atoms with Gasteiger partial charge in [0, 0.05) is 5.92 Å². The summed E-state index contributed by atoms with van der Waals surface area (Å²) in [5.74, 6) is -0.115. The van der Waals surface area contributed by atoms with Crippen molar-refractivity contribution in [1.82, 2.24) is 0 Å². The van der Waals surface area contributed by atoms with Gasteiger partial charge in [0.05, 0.1) is 0 Å². The minimum absolute atomic E-state index is 0.115. The van der Waals surface area contributed by atoms with Crippen LogP contribution in [-0.4, -0.2) is 6.54 Å². The first-order chi connectivity index (χ1) is 6.54. The third-order valence-corrected chi connectivity index (χ3v) is 2.43. The van der Waals surface area contributed by atoms with E-state index in [2.05, 4.69) is 0 Å². The SMILES string of the molecule is Cc1cc(C)cc(C(F)C(C)CN)c1. The minimum atomic E-state index is -0.946. The molecule has 0 aliphatic heterocycles. The molecule has 0 radical (unpaired) electrons. The van der Waals surface area contributed by atoms with Crippen molar-refractivity contribution in [2.75, 3.05) is 6.54 Å². The van der Waals surface area contributed by atoms with Crippen molar-refractivity contribution >= 4 is 0 Å². The Kier molecular flexibility index (Phi) is 3.64. The number of hydrogen-bond donors (Lipinski definition) is 1. The molecular formula is C12H18FN. The van der Waals surface area contributed by atoms with Crippen molar-refractivity contribution in [1.29, 1.82) is 0 Å². The Hall–Kier alpha value is -0.890. The minimum Gasteiger partial charge on any atom is -0.330 e. The Bertz CT molecular complexity index is 289. The van der Waals surface area contributed by atoms with Crippen molar-refractivity contribution in [3.8, 4) is 0 Å². The molecule has 1 aromatic carbocycles. The Morgan fingerprint density at radius 1 is 1.21 bits per heavy atom. The van der Waals surface area contributed by atoms with Crippen molar-refractivity contribution in [2.45, 2.75) is 26.9 Å². The van der Waals surface area contributed by atoms with Crippen LogP contribution < -0.4 is 5.73 Å². The van der Waals surface area contributed by atoms with Crippen LogP contribution in [0.2, 0.25) is 0 Å². The molecule has 1 nitrogen and oxygen atoms in total. The first-order valence-corrected chi connectivity index (χ1v) is 4.97. The summed E-state index contributed by atoms with van der Waals surface area (Å²) in [6.07, 6.45) is -0.946. The molecule has 2 N–H and O–H groups in total. The summed E-state index contributed by atoms with van der Waals surface area (Å²) >= 11 is 0. The summed E-state index contributed by atoms with van der Waals surface area (Å²) in [6, 6.07) is 5.83. The van der Waals surface area contributed by atoms with E-state index in [0.717, 1.165) is 16.7 Å². The maximum atomic E-state index is 13.8. The first kappa shape index (κ1) is 11.2. The molecule has 0 saturated heterocycles. The molecule has 0 aliphatic carbocycles. The highest BCUT2D eigenvalue weighted by molar-refractivity contribution is 5.30. The highest BCUT2D eigenvalue weighted by Gasteiger charge is 2.17. The Labute approximate surface area is 85.1 Å². The van der Waals surface area contributed by atoms with Crippen LogP contribution in [0, 0.1) is 19.8 Å². The lowest BCUT2D eigenvalue weighted by atomic mass is 9.96. The van der Waals surface area contributed by atoms with Crippen LogP contribution in [0.25, 0.3) is 0 Å². The number of halogens is 1. The Morgan fingerprint density at radius 2 is 1.71 bits per heavy atom. The van der Waals surface area contributed by atoms with Gasteiger partial charge in [0.15, 0.2) is 0 Å². The first-order valence-electron chi connectivity index (χ1n) is 4.97. The summed E-state index contributed by atoms with van der Waals surface area (Å²) in [5, 5.41) is 0. The fraction of sp³-hybridized carbons (Fsp3) is 0.500. The van der Waals surface area contributed by atoms with Crippen LogP contribution in [0.5, 0.6) is 0 Å². The predicted molar refractivity (Wildman–Crippen MR) is 58.0 cm³/mol. The molecule has 0 heterocycles. The van der Waals surface area contributed by atoms with E-state index in [1.165, 1.54) is 0 Å². The van der Waals surface area contributed by atoms with E-state index < -0.39 is 6.17 Å². The average Bonchev–Trinajstić information content (AvgIpc) is 2.14. The molecular weight excluding hydrogens is 177 g/mol. The molecule has 14 heavy (non-hydrogen) atoms. The largest absolute Gasteiger partial charge is 0.330 e. The van der Waals surface area contributed by atoms with Crippen LogP contribution in [0.4, 0.5) is 4.39 Å². The summed E-state index contributed by atoms with van der Waals surface area (Å²) in [6.45, 7) is 6.18. The molecule has 0 aromatic heterocycles. The Morgan fingerprint density at radius 3 is 2.14 bits per heavy atom. The molecule has 2 unspecified atom stereocenters. The lowest BCUT2D eigenvalue weighted by Gasteiger charge is -2.16. The van der Waals surface area contributed by atoms with Crippen molar-refractivity contribution in [3.63, 3.8) is 0 Å². The van der Waals surface area contributed by atoms with Gasteiger partial charge in [-0.15, -0.1) is 0 Å². The number of nitrogens with two attached hydrogens (primary N) is 1. The highest BCUT2D eigenvalue weighted by atomic mass is 19.1. The zero-order valence-corrected chi connectivity index (χ0v) is 9.05. The third-order valence-electron chi connectivity index (χ3n) is 2.43. The van der Waals surface area contributed by atoms with Gasteiger partial charge in [-0.25, -0.2) is 4.39 Å². The van der Waals surface area contributed by atoms with Gasteiger partial charge in [0.1, 0.15) is 6.17 Å². The van der Waals surface area contributed by atoms with E-state index in [1.54, 1.807) is 0 Å². The van der Waals surface area contributed by atoms with Crippen LogP contribution >= 0.6 is 0 Å². The molecule has 0 spiro atoms. The van der Waals surface area contributed by atoms with Crippen molar-refractivity contribution < 1.29 is 4.39 Å². The predicted octanol–water partition coefficient (Wildman–Crippen LogP) is 2.91. The lowest BCUT2D eigenvalue weighted by molar-refractivity contribution is 0.251. The molecule has 0 aliphatic rings. The highest BCUT2D eigenvalue weighted by Crippen LogP contribution is 2.26. The maximum absolute atomic E-state index is 13.8. The number of aryl methyl sites for hydroxylation is 2. The summed E-state index contributed by atoms with van der Waals surface area (Å²) < 4.78 is 13.8. The monoisotopic (exact) mass is 195 g/mol. The van der Waals surface area contributed by atoms with E-state index in [1.807, 2.05) is 39.0 Å². The standard InChI is InChI=1S/C12H18FN/c1-8-4-9(2)6-11(5-8)12(13)10(3)7-14/h4-6,10,12H,7,14H2,1-3H3. The molecule has 2 atom stereocenters. The average molecular weight is 195 g/mol. The van der Waals surface area contributed by atoms with Crippen LogP contribution in [0.15, 0.2) is 18.2 Å². The topological polar surface area (TPSA) is 26.0 Å². The van der Waals surface area contributed by atoms with E-state index in [-0.39, 0.29) is 5.92 Å². The van der Waals surface area contributed by atoms with Crippen molar-refractivity contribution in [2.24, 2.45) is 11.7 Å². The second kappa shape index (κ2) is 4.56. The lowest BCUT2D eigenvalue weighted by Crippen LogP contribution is -2.16. The molecule has 0 bridgehead atoms. The molecule has 0 saturated carbocycles.